The molecule has 0 amide bonds. The maximum absolute atomic E-state index is 8.28. The second kappa shape index (κ2) is 3.46. The molecule has 0 aromatic carbocycles. The number of azide groups is 1. The maximum Gasteiger partial charge on any atom is 0.144 e. The Kier molecular flexibility index (Phi) is 2.30. The van der Waals surface area contributed by atoms with Gasteiger partial charge >= 0.3 is 0 Å². The molecule has 5 nitrogen and oxygen atoms in total. The van der Waals surface area contributed by atoms with Crippen LogP contribution in [0.2, 0.25) is 5.02 Å². The summed E-state index contributed by atoms with van der Waals surface area (Å²) in [6, 6.07) is 1.81. The molecule has 2 aromatic heterocycles. The van der Waals surface area contributed by atoms with Crippen LogP contribution in [0.3, 0.4) is 0 Å². The third-order valence-corrected chi connectivity index (χ3v) is 2.62. The van der Waals surface area contributed by atoms with Gasteiger partial charge in [-0.2, -0.15) is 0 Å². The van der Waals surface area contributed by atoms with Crippen LogP contribution in [0, 0.1) is 0 Å². The van der Waals surface area contributed by atoms with Gasteiger partial charge in [-0.1, -0.05) is 16.7 Å². The van der Waals surface area contributed by atoms with Gasteiger partial charge in [0, 0.05) is 22.7 Å². The predicted molar refractivity (Wildman–Crippen MR) is 58.7 cm³/mol. The Morgan fingerprint density at radius 2 is 2.43 bits per heavy atom. The molecule has 0 fully saturated rings. The number of aromatic nitrogens is 2. The Bertz CT molecular complexity index is 542. The van der Waals surface area contributed by atoms with E-state index in [9.17, 15) is 0 Å². The second-order valence-electron chi connectivity index (χ2n) is 2.61. The van der Waals surface area contributed by atoms with Crippen LogP contribution in [-0.2, 0) is 0 Å². The fourth-order valence-electron chi connectivity index (χ4n) is 1.18. The second-order valence-corrected chi connectivity index (χ2v) is 3.54. The topological polar surface area (TPSA) is 66.6 Å². The zero-order valence-corrected chi connectivity index (χ0v) is 8.83. The first kappa shape index (κ1) is 9.28. The van der Waals surface area contributed by atoms with Gasteiger partial charge in [0.1, 0.15) is 5.65 Å². The molecule has 2 aromatic rings. The Hall–Kier alpha value is -1.28. The standard InChI is InChI=1S/C7H5ClN5P/c8-6-4-1-2-13(14)7(4)10-3-5(6)11-12-9/h1-3H,14H2. The normalized spacial score (nSPS) is 10.1. The number of halogens is 1. The highest BCUT2D eigenvalue weighted by atomic mass is 35.5. The highest BCUT2D eigenvalue weighted by Crippen LogP contribution is 2.32. The summed E-state index contributed by atoms with van der Waals surface area (Å²) in [5.74, 6) is 0. The van der Waals surface area contributed by atoms with Crippen LogP contribution < -0.4 is 0 Å². The molecule has 0 aliphatic carbocycles. The van der Waals surface area contributed by atoms with Gasteiger partial charge in [0.15, 0.2) is 0 Å². The van der Waals surface area contributed by atoms with Crippen molar-refractivity contribution in [2.45, 2.75) is 0 Å². The number of rotatable bonds is 1. The molecule has 2 heterocycles. The molecule has 70 valence electrons. The van der Waals surface area contributed by atoms with E-state index in [0.29, 0.717) is 10.7 Å². The smallest absolute Gasteiger partial charge is 0.144 e. The molecule has 1 atom stereocenters. The van der Waals surface area contributed by atoms with Gasteiger partial charge in [0.05, 0.1) is 10.7 Å². The predicted octanol–water partition coefficient (Wildman–Crippen LogP) is 3.27. The summed E-state index contributed by atoms with van der Waals surface area (Å²) in [5, 5.41) is 4.63. The molecule has 0 spiro atoms. The third kappa shape index (κ3) is 1.32. The van der Waals surface area contributed by atoms with E-state index >= 15 is 0 Å². The zero-order valence-electron chi connectivity index (χ0n) is 6.92. The third-order valence-electron chi connectivity index (χ3n) is 1.81. The molecular formula is C7H5ClN5P. The van der Waals surface area contributed by atoms with Crippen molar-refractivity contribution in [2.24, 2.45) is 5.11 Å². The van der Waals surface area contributed by atoms with Crippen molar-refractivity contribution in [1.82, 2.24) is 9.32 Å². The van der Waals surface area contributed by atoms with Crippen LogP contribution in [-0.4, -0.2) is 9.32 Å². The van der Waals surface area contributed by atoms with Crippen molar-refractivity contribution < 1.29 is 0 Å². The van der Waals surface area contributed by atoms with Crippen molar-refractivity contribution in [1.29, 1.82) is 0 Å². The van der Waals surface area contributed by atoms with Crippen molar-refractivity contribution in [3.63, 3.8) is 0 Å². The van der Waals surface area contributed by atoms with Gasteiger partial charge in [0.25, 0.3) is 0 Å². The van der Waals surface area contributed by atoms with Crippen LogP contribution in [0.5, 0.6) is 0 Å². The van der Waals surface area contributed by atoms with Crippen LogP contribution in [0.1, 0.15) is 0 Å². The molecule has 0 aliphatic rings. The van der Waals surface area contributed by atoms with Gasteiger partial charge in [-0.05, 0) is 21.0 Å². The fourth-order valence-corrected chi connectivity index (χ4v) is 1.71. The zero-order chi connectivity index (χ0) is 10.1. The minimum atomic E-state index is 0.345. The fraction of sp³-hybridized carbons (Fsp3) is 0. The summed E-state index contributed by atoms with van der Waals surface area (Å²) in [6.45, 7) is 0. The monoisotopic (exact) mass is 225 g/mol. The van der Waals surface area contributed by atoms with Crippen molar-refractivity contribution in [2.75, 3.05) is 0 Å². The summed E-state index contributed by atoms with van der Waals surface area (Å²) in [4.78, 5) is 6.78. The van der Waals surface area contributed by atoms with E-state index in [1.165, 1.54) is 6.20 Å². The Morgan fingerprint density at radius 3 is 3.14 bits per heavy atom. The van der Waals surface area contributed by atoms with Crippen LogP contribution in [0.15, 0.2) is 23.6 Å². The van der Waals surface area contributed by atoms with Crippen LogP contribution >= 0.6 is 21.0 Å². The largest absolute Gasteiger partial charge is 0.317 e. The highest BCUT2D eigenvalue weighted by Gasteiger charge is 2.07. The van der Waals surface area contributed by atoms with Crippen LogP contribution in [0.25, 0.3) is 21.5 Å². The van der Waals surface area contributed by atoms with Gasteiger partial charge in [-0.25, -0.2) is 4.98 Å². The lowest BCUT2D eigenvalue weighted by Gasteiger charge is -1.99. The highest BCUT2D eigenvalue weighted by molar-refractivity contribution is 7.14. The van der Waals surface area contributed by atoms with E-state index in [0.717, 1.165) is 11.0 Å². The molecule has 0 N–H and O–H groups in total. The maximum atomic E-state index is 8.28. The first-order valence-corrected chi connectivity index (χ1v) is 4.59. The van der Waals surface area contributed by atoms with E-state index in [1.54, 1.807) is 4.34 Å². The lowest BCUT2D eigenvalue weighted by Crippen LogP contribution is -1.81. The molecule has 14 heavy (non-hydrogen) atoms. The van der Waals surface area contributed by atoms with Gasteiger partial charge in [-0.15, -0.1) is 0 Å². The molecule has 0 bridgehead atoms. The SMILES string of the molecule is [N-]=[N+]=Nc1cnc2c(ccn2P)c1Cl. The van der Waals surface area contributed by atoms with Crippen molar-refractivity contribution in [3.8, 4) is 0 Å². The van der Waals surface area contributed by atoms with Gasteiger partial charge in [0.2, 0.25) is 0 Å². The number of hydrogen-bond donors (Lipinski definition) is 0. The van der Waals surface area contributed by atoms with E-state index in [-0.39, 0.29) is 0 Å². The number of hydrogen-bond acceptors (Lipinski definition) is 2. The Morgan fingerprint density at radius 1 is 1.64 bits per heavy atom. The summed E-state index contributed by atoms with van der Waals surface area (Å²) >= 11 is 6.01. The Balaban J connectivity index is 2.82. The van der Waals surface area contributed by atoms with Gasteiger partial charge < -0.3 is 4.34 Å². The van der Waals surface area contributed by atoms with Crippen molar-refractivity contribution >= 4 is 37.7 Å². The van der Waals surface area contributed by atoms with E-state index in [1.807, 2.05) is 12.3 Å². The minimum absolute atomic E-state index is 0.345. The molecule has 7 heteroatoms. The number of pyridine rings is 1. The summed E-state index contributed by atoms with van der Waals surface area (Å²) in [6.07, 6.45) is 3.26. The minimum Gasteiger partial charge on any atom is -0.317 e. The Labute approximate surface area is 86.6 Å². The summed E-state index contributed by atoms with van der Waals surface area (Å²) in [5.41, 5.74) is 9.36. The first-order valence-electron chi connectivity index (χ1n) is 3.70. The van der Waals surface area contributed by atoms with E-state index in [4.69, 9.17) is 17.1 Å². The van der Waals surface area contributed by atoms with E-state index < -0.39 is 0 Å². The molecule has 0 aliphatic heterocycles. The first-order chi connectivity index (χ1) is 6.74. The summed E-state index contributed by atoms with van der Waals surface area (Å²) in [7, 11) is 2.49. The van der Waals surface area contributed by atoms with Crippen molar-refractivity contribution in [3.05, 3.63) is 33.9 Å². The van der Waals surface area contributed by atoms with Crippen LogP contribution in [0.4, 0.5) is 5.69 Å². The molecule has 0 saturated carbocycles. The average Bonchev–Trinajstić information content (AvgIpc) is 2.54. The molecular weight excluding hydrogens is 221 g/mol. The number of fused-ring (bicyclic) bond motifs is 1. The van der Waals surface area contributed by atoms with E-state index in [2.05, 4.69) is 24.4 Å². The summed E-state index contributed by atoms with van der Waals surface area (Å²) < 4.78 is 1.76. The molecule has 1 unspecified atom stereocenters. The molecule has 0 radical (unpaired) electrons. The lowest BCUT2D eigenvalue weighted by molar-refractivity contribution is 1.25. The quantitative estimate of drug-likeness (QED) is 0.318. The lowest BCUT2D eigenvalue weighted by atomic mass is 10.3. The number of nitrogens with zero attached hydrogens (tertiary/aromatic N) is 5. The molecule has 0 saturated heterocycles. The van der Waals surface area contributed by atoms with Gasteiger partial charge in [-0.3, -0.25) is 0 Å². The molecule has 2 rings (SSSR count). The average molecular weight is 226 g/mol.